The number of piperidine rings is 1. The van der Waals surface area contributed by atoms with Gasteiger partial charge in [0.15, 0.2) is 5.69 Å². The molecule has 25 heavy (non-hydrogen) atoms. The molecule has 2 aromatic rings. The van der Waals surface area contributed by atoms with Gasteiger partial charge in [-0.05, 0) is 44.2 Å². The maximum absolute atomic E-state index is 12.7. The number of nitrogens with zero attached hydrogens (tertiary/aromatic N) is 2. The molecule has 0 bridgehead atoms. The topological polar surface area (TPSA) is 91.2 Å². The lowest BCUT2D eigenvalue weighted by molar-refractivity contribution is -0.126. The minimum atomic E-state index is -0.0519. The number of carbonyl (C=O) groups excluding carboxylic acids is 2. The Kier molecular flexibility index (Phi) is 4.29. The second kappa shape index (κ2) is 6.74. The molecular formula is C18H22N4O3. The molecule has 1 saturated heterocycles. The van der Waals surface area contributed by atoms with Crippen molar-refractivity contribution in [3.8, 4) is 0 Å². The van der Waals surface area contributed by atoms with Gasteiger partial charge < -0.3 is 14.6 Å². The van der Waals surface area contributed by atoms with Gasteiger partial charge >= 0.3 is 0 Å². The lowest BCUT2D eigenvalue weighted by Gasteiger charge is -2.31. The minimum Gasteiger partial charge on any atom is -0.467 e. The first-order chi connectivity index (χ1) is 12.2. The minimum absolute atomic E-state index is 0.00570. The van der Waals surface area contributed by atoms with E-state index in [0.717, 1.165) is 36.3 Å². The average molecular weight is 342 g/mol. The lowest BCUT2D eigenvalue weighted by atomic mass is 9.95. The number of nitrogens with one attached hydrogen (secondary N) is 2. The summed E-state index contributed by atoms with van der Waals surface area (Å²) in [5.74, 6) is 0.718. The molecular weight excluding hydrogens is 320 g/mol. The van der Waals surface area contributed by atoms with Gasteiger partial charge in [-0.3, -0.25) is 14.7 Å². The van der Waals surface area contributed by atoms with Crippen LogP contribution >= 0.6 is 0 Å². The summed E-state index contributed by atoms with van der Waals surface area (Å²) < 4.78 is 5.22. The number of aromatic amines is 1. The first-order valence-electron chi connectivity index (χ1n) is 8.88. The number of aromatic nitrogens is 2. The van der Waals surface area contributed by atoms with E-state index in [2.05, 4.69) is 15.5 Å². The second-order valence-corrected chi connectivity index (χ2v) is 6.75. The third kappa shape index (κ3) is 3.18. The van der Waals surface area contributed by atoms with E-state index in [1.165, 1.54) is 0 Å². The van der Waals surface area contributed by atoms with Gasteiger partial charge in [0.05, 0.1) is 12.8 Å². The Labute approximate surface area is 145 Å². The Bertz CT molecular complexity index is 757. The number of amides is 2. The van der Waals surface area contributed by atoms with E-state index in [0.29, 0.717) is 38.2 Å². The smallest absolute Gasteiger partial charge is 0.274 e. The average Bonchev–Trinajstić information content (AvgIpc) is 3.36. The normalized spacial score (nSPS) is 17.5. The maximum atomic E-state index is 12.7. The van der Waals surface area contributed by atoms with Gasteiger partial charge in [0, 0.05) is 30.3 Å². The van der Waals surface area contributed by atoms with Crippen LogP contribution in [0.15, 0.2) is 22.8 Å². The molecule has 1 fully saturated rings. The van der Waals surface area contributed by atoms with Crippen LogP contribution in [0, 0.1) is 5.92 Å². The molecule has 0 unspecified atom stereocenters. The first kappa shape index (κ1) is 15.9. The van der Waals surface area contributed by atoms with Crippen LogP contribution in [0.2, 0.25) is 0 Å². The largest absolute Gasteiger partial charge is 0.467 e. The van der Waals surface area contributed by atoms with Crippen molar-refractivity contribution < 1.29 is 14.0 Å². The molecule has 0 saturated carbocycles. The highest BCUT2D eigenvalue weighted by Crippen LogP contribution is 2.25. The lowest BCUT2D eigenvalue weighted by Crippen LogP contribution is -2.43. The van der Waals surface area contributed by atoms with Gasteiger partial charge in [-0.2, -0.15) is 5.10 Å². The molecule has 0 radical (unpaired) electrons. The number of likely N-dealkylation sites (tertiary alicyclic amines) is 1. The quantitative estimate of drug-likeness (QED) is 0.884. The molecule has 1 aliphatic heterocycles. The fourth-order valence-electron chi connectivity index (χ4n) is 3.72. The molecule has 3 heterocycles. The highest BCUT2D eigenvalue weighted by Gasteiger charge is 2.31. The second-order valence-electron chi connectivity index (χ2n) is 6.75. The number of hydrogen-bond acceptors (Lipinski definition) is 4. The van der Waals surface area contributed by atoms with Crippen molar-refractivity contribution in [3.05, 3.63) is 41.1 Å². The van der Waals surface area contributed by atoms with Gasteiger partial charge in [0.25, 0.3) is 5.91 Å². The van der Waals surface area contributed by atoms with Gasteiger partial charge in [-0.15, -0.1) is 0 Å². The standard InChI is InChI=1S/C18H22N4O3/c23-17(19-11-13-3-2-10-25-13)12-6-8-22(9-7-12)18(24)16-14-4-1-5-15(14)20-21-16/h2-3,10,12H,1,4-9,11H2,(H,19,23)(H,20,21). The molecule has 0 aromatic carbocycles. The molecule has 132 valence electrons. The summed E-state index contributed by atoms with van der Waals surface area (Å²) in [4.78, 5) is 26.8. The number of hydrogen-bond donors (Lipinski definition) is 2. The van der Waals surface area contributed by atoms with Crippen LogP contribution in [0.1, 0.15) is 46.8 Å². The zero-order chi connectivity index (χ0) is 17.2. The number of fused-ring (bicyclic) bond motifs is 1. The van der Waals surface area contributed by atoms with E-state index < -0.39 is 0 Å². The first-order valence-corrected chi connectivity index (χ1v) is 8.88. The van der Waals surface area contributed by atoms with Crippen molar-refractivity contribution in [1.29, 1.82) is 0 Å². The molecule has 2 N–H and O–H groups in total. The third-order valence-corrected chi connectivity index (χ3v) is 5.18. The van der Waals surface area contributed by atoms with Crippen LogP contribution < -0.4 is 5.32 Å². The molecule has 0 spiro atoms. The van der Waals surface area contributed by atoms with Crippen molar-refractivity contribution in [2.24, 2.45) is 5.92 Å². The fraction of sp³-hybridized carbons (Fsp3) is 0.500. The van der Waals surface area contributed by atoms with E-state index in [1.807, 2.05) is 11.0 Å². The van der Waals surface area contributed by atoms with E-state index >= 15 is 0 Å². The summed E-state index contributed by atoms with van der Waals surface area (Å²) in [6.45, 7) is 1.60. The van der Waals surface area contributed by atoms with Crippen LogP contribution in [0.3, 0.4) is 0 Å². The Morgan fingerprint density at radius 1 is 1.32 bits per heavy atom. The summed E-state index contributed by atoms with van der Waals surface area (Å²) in [5.41, 5.74) is 2.77. The van der Waals surface area contributed by atoms with Crippen LogP contribution in [-0.4, -0.2) is 40.0 Å². The zero-order valence-electron chi connectivity index (χ0n) is 14.1. The summed E-state index contributed by atoms with van der Waals surface area (Å²) in [6.07, 6.45) is 5.95. The van der Waals surface area contributed by atoms with Gasteiger partial charge in [0.2, 0.25) is 5.91 Å². The monoisotopic (exact) mass is 342 g/mol. The number of aryl methyl sites for hydroxylation is 1. The van der Waals surface area contributed by atoms with Crippen LogP contribution in [0.25, 0.3) is 0 Å². The van der Waals surface area contributed by atoms with E-state index in [-0.39, 0.29) is 17.7 Å². The summed E-state index contributed by atoms with van der Waals surface area (Å²) in [6, 6.07) is 3.64. The molecule has 2 amide bonds. The van der Waals surface area contributed by atoms with Crippen LogP contribution in [0.5, 0.6) is 0 Å². The number of H-pyrrole nitrogens is 1. The fourth-order valence-corrected chi connectivity index (χ4v) is 3.72. The van der Waals surface area contributed by atoms with Gasteiger partial charge in [0.1, 0.15) is 5.76 Å². The Morgan fingerprint density at radius 2 is 2.16 bits per heavy atom. The predicted molar refractivity (Wildman–Crippen MR) is 89.8 cm³/mol. The van der Waals surface area contributed by atoms with Crippen molar-refractivity contribution in [2.45, 2.75) is 38.6 Å². The number of carbonyl (C=O) groups is 2. The maximum Gasteiger partial charge on any atom is 0.274 e. The Hall–Kier alpha value is -2.57. The van der Waals surface area contributed by atoms with E-state index in [9.17, 15) is 9.59 Å². The molecule has 2 aromatic heterocycles. The molecule has 7 heteroatoms. The van der Waals surface area contributed by atoms with Crippen LogP contribution in [0.4, 0.5) is 0 Å². The summed E-state index contributed by atoms with van der Waals surface area (Å²) in [7, 11) is 0. The molecule has 1 aliphatic carbocycles. The van der Waals surface area contributed by atoms with Crippen molar-refractivity contribution in [2.75, 3.05) is 13.1 Å². The molecule has 0 atom stereocenters. The number of furan rings is 1. The number of rotatable bonds is 4. The van der Waals surface area contributed by atoms with Gasteiger partial charge in [-0.1, -0.05) is 0 Å². The van der Waals surface area contributed by atoms with Crippen molar-refractivity contribution in [3.63, 3.8) is 0 Å². The van der Waals surface area contributed by atoms with E-state index in [1.54, 1.807) is 12.3 Å². The van der Waals surface area contributed by atoms with Crippen molar-refractivity contribution in [1.82, 2.24) is 20.4 Å². The summed E-state index contributed by atoms with van der Waals surface area (Å²) in [5, 5.41) is 10.1. The van der Waals surface area contributed by atoms with Crippen LogP contribution in [-0.2, 0) is 24.2 Å². The van der Waals surface area contributed by atoms with Crippen molar-refractivity contribution >= 4 is 11.8 Å². The molecule has 2 aliphatic rings. The zero-order valence-corrected chi connectivity index (χ0v) is 14.1. The summed E-state index contributed by atoms with van der Waals surface area (Å²) >= 11 is 0. The highest BCUT2D eigenvalue weighted by molar-refractivity contribution is 5.94. The Balaban J connectivity index is 1.30. The Morgan fingerprint density at radius 3 is 2.92 bits per heavy atom. The molecule has 7 nitrogen and oxygen atoms in total. The highest BCUT2D eigenvalue weighted by atomic mass is 16.3. The van der Waals surface area contributed by atoms with E-state index in [4.69, 9.17) is 4.42 Å². The third-order valence-electron chi connectivity index (χ3n) is 5.18. The SMILES string of the molecule is O=C(NCc1ccco1)C1CCN(C(=O)c2n[nH]c3c2CCC3)CC1. The van der Waals surface area contributed by atoms with Gasteiger partial charge in [-0.25, -0.2) is 0 Å². The predicted octanol–water partition coefficient (Wildman–Crippen LogP) is 1.66. The molecule has 4 rings (SSSR count).